The molecule has 1 heterocycles. The van der Waals surface area contributed by atoms with Crippen LogP contribution in [0.15, 0.2) is 30.3 Å². The maximum absolute atomic E-state index is 14.1. The van der Waals surface area contributed by atoms with Crippen molar-refractivity contribution in [1.82, 2.24) is 25.5 Å². The number of rotatable bonds is 20. The van der Waals surface area contributed by atoms with Crippen LogP contribution >= 0.6 is 0 Å². The number of ether oxygens (including phenoxy) is 2. The number of carbonyl (C=O) groups excluding carboxylic acids is 4. The Kier molecular flexibility index (Phi) is 18.2. The molecular formula is C39H67N5O8. The summed E-state index contributed by atoms with van der Waals surface area (Å²) in [4.78, 5) is 58.3. The summed E-state index contributed by atoms with van der Waals surface area (Å²) in [5, 5.41) is 27.6. The molecule has 1 aromatic rings. The summed E-state index contributed by atoms with van der Waals surface area (Å²) >= 11 is 0. The highest BCUT2D eigenvalue weighted by Crippen LogP contribution is 2.30. The van der Waals surface area contributed by atoms with Crippen LogP contribution in [-0.2, 0) is 28.7 Å². The Morgan fingerprint density at radius 1 is 0.923 bits per heavy atom. The molecule has 4 amide bonds. The van der Waals surface area contributed by atoms with Crippen LogP contribution in [-0.4, -0.2) is 126 Å². The maximum Gasteiger partial charge on any atom is 0.245 e. The summed E-state index contributed by atoms with van der Waals surface area (Å²) < 4.78 is 11.9. The highest BCUT2D eigenvalue weighted by Gasteiger charge is 2.43. The van der Waals surface area contributed by atoms with Crippen molar-refractivity contribution < 1.29 is 39.0 Å². The van der Waals surface area contributed by atoms with E-state index in [1.54, 1.807) is 37.8 Å². The van der Waals surface area contributed by atoms with Gasteiger partial charge in [-0.25, -0.2) is 0 Å². The molecular weight excluding hydrogens is 666 g/mol. The van der Waals surface area contributed by atoms with E-state index in [4.69, 9.17) is 9.47 Å². The Balaban J connectivity index is 2.25. The topological polar surface area (TPSA) is 161 Å². The molecule has 296 valence electrons. The first-order chi connectivity index (χ1) is 24.4. The minimum atomic E-state index is -0.886. The molecule has 52 heavy (non-hydrogen) atoms. The van der Waals surface area contributed by atoms with Crippen LogP contribution in [0.1, 0.15) is 92.7 Å². The van der Waals surface area contributed by atoms with E-state index >= 15 is 0 Å². The summed E-state index contributed by atoms with van der Waals surface area (Å²) in [5.74, 6) is -2.33. The average molecular weight is 734 g/mol. The Labute approximate surface area is 311 Å². The summed E-state index contributed by atoms with van der Waals surface area (Å²) in [6, 6.07) is 6.05. The number of aliphatic hydroxyl groups is 1. The minimum Gasteiger partial charge on any atom is -0.386 e. The zero-order chi connectivity index (χ0) is 39.4. The van der Waals surface area contributed by atoms with Crippen LogP contribution in [0.5, 0.6) is 0 Å². The van der Waals surface area contributed by atoms with Gasteiger partial charge in [-0.1, -0.05) is 85.2 Å². The molecule has 13 nitrogen and oxygen atoms in total. The molecule has 1 fully saturated rings. The van der Waals surface area contributed by atoms with E-state index in [1.165, 1.54) is 14.2 Å². The first kappa shape index (κ1) is 45.1. The molecule has 0 aliphatic carbocycles. The second kappa shape index (κ2) is 21.0. The highest BCUT2D eigenvalue weighted by atomic mass is 16.5. The normalized spacial score (nSPS) is 20.1. The fourth-order valence-corrected chi connectivity index (χ4v) is 7.56. The standard InChI is InChI=1S/C39H67N5O8/c1-13-25(6)34(42(9)39(49)32(23(2)3)41-38(48)33(24(4)5)43(10)50)30(51-11)22-31(45)44-21-17-20-29(44)36(52-12)26(7)37(47)40-27(8)35(46)28-18-15-14-16-19-28/h14-16,18-19,23-27,29-30,32-36,46,50H,13,17,20-22H2,1-12H3,(H,40,47)(H,41,48)/t25-,26+,27?,29-,30?,32-,33-,34-,35+,36?/m0/s1. The van der Waals surface area contributed by atoms with Gasteiger partial charge in [0, 0.05) is 34.9 Å². The number of hydroxylamine groups is 2. The number of hydrogen-bond donors (Lipinski definition) is 4. The third kappa shape index (κ3) is 11.4. The van der Waals surface area contributed by atoms with E-state index < -0.39 is 54.3 Å². The molecule has 1 aromatic carbocycles. The highest BCUT2D eigenvalue weighted by molar-refractivity contribution is 5.90. The molecule has 3 unspecified atom stereocenters. The number of amides is 4. The van der Waals surface area contributed by atoms with Crippen molar-refractivity contribution in [2.45, 2.75) is 130 Å². The van der Waals surface area contributed by atoms with E-state index in [0.29, 0.717) is 24.9 Å². The van der Waals surface area contributed by atoms with Gasteiger partial charge in [0.15, 0.2) is 0 Å². The number of nitrogens with zero attached hydrogens (tertiary/aromatic N) is 3. The SMILES string of the molecule is CC[C@H](C)[C@@H](C(CC(=O)N1CCC[C@H]1C(OC)[C@@H](C)C(=O)NC(C)[C@@H](O)c1ccccc1)OC)N(C)C(=O)[C@@H](NC(=O)[C@H](C(C)C)N(C)O)C(C)C. The lowest BCUT2D eigenvalue weighted by molar-refractivity contribution is -0.156. The van der Waals surface area contributed by atoms with Crippen molar-refractivity contribution >= 4 is 23.6 Å². The third-order valence-corrected chi connectivity index (χ3v) is 10.8. The van der Waals surface area contributed by atoms with Crippen LogP contribution in [0.2, 0.25) is 0 Å². The van der Waals surface area contributed by atoms with Gasteiger partial charge in [-0.3, -0.25) is 19.2 Å². The van der Waals surface area contributed by atoms with Gasteiger partial charge >= 0.3 is 0 Å². The van der Waals surface area contributed by atoms with Crippen molar-refractivity contribution in [1.29, 1.82) is 0 Å². The molecule has 4 N–H and O–H groups in total. The van der Waals surface area contributed by atoms with Crippen LogP contribution in [0.4, 0.5) is 0 Å². The van der Waals surface area contributed by atoms with Gasteiger partial charge in [0.1, 0.15) is 12.1 Å². The van der Waals surface area contributed by atoms with E-state index in [0.717, 1.165) is 11.5 Å². The van der Waals surface area contributed by atoms with E-state index in [9.17, 15) is 29.5 Å². The van der Waals surface area contributed by atoms with Crippen LogP contribution < -0.4 is 10.6 Å². The molecule has 0 bridgehead atoms. The summed E-state index contributed by atoms with van der Waals surface area (Å²) in [7, 11) is 6.18. The largest absolute Gasteiger partial charge is 0.386 e. The minimum absolute atomic E-state index is 0.000372. The van der Waals surface area contributed by atoms with Gasteiger partial charge in [0.25, 0.3) is 0 Å². The number of nitrogens with one attached hydrogen (secondary N) is 2. The zero-order valence-electron chi connectivity index (χ0n) is 33.5. The van der Waals surface area contributed by atoms with Gasteiger partial charge in [-0.05, 0) is 43.1 Å². The molecule has 1 saturated heterocycles. The van der Waals surface area contributed by atoms with Crippen molar-refractivity contribution in [3.8, 4) is 0 Å². The van der Waals surface area contributed by atoms with Crippen molar-refractivity contribution in [3.05, 3.63) is 35.9 Å². The molecule has 2 rings (SSSR count). The first-order valence-corrected chi connectivity index (χ1v) is 18.8. The number of aliphatic hydroxyl groups excluding tert-OH is 1. The molecule has 0 aromatic heterocycles. The van der Waals surface area contributed by atoms with E-state index in [-0.39, 0.29) is 47.9 Å². The van der Waals surface area contributed by atoms with Gasteiger partial charge in [0.2, 0.25) is 23.6 Å². The quantitative estimate of drug-likeness (QED) is 0.147. The Morgan fingerprint density at radius 3 is 2.04 bits per heavy atom. The number of likely N-dealkylation sites (N-methyl/N-ethyl adjacent to an activating group) is 2. The number of hydrogen-bond acceptors (Lipinski definition) is 9. The van der Waals surface area contributed by atoms with Gasteiger partial charge in [-0.2, -0.15) is 5.06 Å². The number of likely N-dealkylation sites (tertiary alicyclic amines) is 1. The van der Waals surface area contributed by atoms with Crippen LogP contribution in [0, 0.1) is 23.7 Å². The summed E-state index contributed by atoms with van der Waals surface area (Å²) in [5.41, 5.74) is 0.702. The predicted molar refractivity (Wildman–Crippen MR) is 200 cm³/mol. The maximum atomic E-state index is 14.1. The fourth-order valence-electron chi connectivity index (χ4n) is 7.56. The molecule has 0 spiro atoms. The van der Waals surface area contributed by atoms with Crippen molar-refractivity contribution in [2.75, 3.05) is 34.9 Å². The van der Waals surface area contributed by atoms with Crippen molar-refractivity contribution in [3.63, 3.8) is 0 Å². The van der Waals surface area contributed by atoms with Gasteiger partial charge in [-0.15, -0.1) is 0 Å². The fraction of sp³-hybridized carbons (Fsp3) is 0.744. The van der Waals surface area contributed by atoms with Gasteiger partial charge < -0.3 is 40.2 Å². The number of carbonyl (C=O) groups is 4. The summed E-state index contributed by atoms with van der Waals surface area (Å²) in [6.45, 7) is 15.4. The lowest BCUT2D eigenvalue weighted by atomic mass is 9.89. The molecule has 10 atom stereocenters. The second-order valence-electron chi connectivity index (χ2n) is 15.2. The number of benzene rings is 1. The molecule has 13 heteroatoms. The molecule has 0 saturated carbocycles. The molecule has 1 aliphatic heterocycles. The lowest BCUT2D eigenvalue weighted by Gasteiger charge is -2.41. The van der Waals surface area contributed by atoms with Gasteiger partial charge in [0.05, 0.1) is 48.8 Å². The van der Waals surface area contributed by atoms with E-state index in [2.05, 4.69) is 10.6 Å². The number of methoxy groups -OCH3 is 2. The summed E-state index contributed by atoms with van der Waals surface area (Å²) in [6.07, 6.45) is -0.0211. The second-order valence-corrected chi connectivity index (χ2v) is 15.2. The van der Waals surface area contributed by atoms with Crippen LogP contribution in [0.3, 0.4) is 0 Å². The average Bonchev–Trinajstić information content (AvgIpc) is 3.59. The molecule has 0 radical (unpaired) electrons. The lowest BCUT2D eigenvalue weighted by Crippen LogP contribution is -2.59. The van der Waals surface area contributed by atoms with Crippen molar-refractivity contribution in [2.24, 2.45) is 23.7 Å². The Morgan fingerprint density at radius 2 is 1.54 bits per heavy atom. The molecule has 1 aliphatic rings. The van der Waals surface area contributed by atoms with Crippen LogP contribution in [0.25, 0.3) is 0 Å². The smallest absolute Gasteiger partial charge is 0.245 e. The zero-order valence-corrected chi connectivity index (χ0v) is 33.5. The predicted octanol–water partition coefficient (Wildman–Crippen LogP) is 3.63. The third-order valence-electron chi connectivity index (χ3n) is 10.8. The monoisotopic (exact) mass is 733 g/mol. The Hall–Kier alpha value is -3.10. The van der Waals surface area contributed by atoms with E-state index in [1.807, 2.05) is 71.9 Å². The first-order valence-electron chi connectivity index (χ1n) is 18.8. The Bertz CT molecular complexity index is 1270.